The van der Waals surface area contributed by atoms with E-state index in [1.165, 1.54) is 50.5 Å². The van der Waals surface area contributed by atoms with Crippen LogP contribution in [0.5, 0.6) is 0 Å². The lowest BCUT2D eigenvalue weighted by atomic mass is 9.78. The van der Waals surface area contributed by atoms with E-state index in [4.69, 9.17) is 4.74 Å². The molecule has 2 aromatic rings. The van der Waals surface area contributed by atoms with Gasteiger partial charge in [0.05, 0.1) is 6.61 Å². The topological polar surface area (TPSA) is 60.4 Å². The standard InChI is InChI=1S/C40H50O4/c1-3-13-35(4-2)38(41)37-24-22-30(23-25-37)20-21-32-17-12-16-31-14-8-5-6-9-15-33(28-34(26-31)27-32)29-44-40(43)39(42)36-18-10-7-11-19-36/h3-4,7,10-11,13,18-19,22-26,32-34H,5-6,8-9,12,14-17,20-21,27-29H2,1-2H3/b13-3-,31-26-,35-4+. The molecule has 4 nitrogen and oxygen atoms in total. The second-order valence-electron chi connectivity index (χ2n) is 12.7. The van der Waals surface area contributed by atoms with Crippen LogP contribution < -0.4 is 0 Å². The Hall–Kier alpha value is -3.53. The number of Topliss-reactive ketones (excluding diaryl/α,β-unsaturated/α-hetero) is 2. The monoisotopic (exact) mass is 594 g/mol. The fraction of sp³-hybridized carbons (Fsp3) is 0.475. The number of fused-ring (bicyclic) bond motifs is 1. The van der Waals surface area contributed by atoms with Crippen molar-refractivity contribution in [1.82, 2.24) is 0 Å². The lowest BCUT2D eigenvalue weighted by molar-refractivity contribution is -0.139. The first-order chi connectivity index (χ1) is 21.5. The Morgan fingerprint density at radius 2 is 1.45 bits per heavy atom. The van der Waals surface area contributed by atoms with Gasteiger partial charge in [-0.3, -0.25) is 9.59 Å². The molecule has 0 saturated heterocycles. The largest absolute Gasteiger partial charge is 0.459 e. The molecule has 4 rings (SSSR count). The van der Waals surface area contributed by atoms with Crippen LogP contribution >= 0.6 is 0 Å². The van der Waals surface area contributed by atoms with Crippen molar-refractivity contribution in [3.8, 4) is 0 Å². The Labute approximate surface area is 264 Å². The van der Waals surface area contributed by atoms with Crippen molar-refractivity contribution in [1.29, 1.82) is 0 Å². The van der Waals surface area contributed by atoms with E-state index in [1.54, 1.807) is 29.8 Å². The molecule has 0 spiro atoms. The van der Waals surface area contributed by atoms with Gasteiger partial charge in [0.25, 0.3) is 5.78 Å². The SMILES string of the molecule is C/C=C\C(=C/C)C(=O)c1ccc(CCC2CCC/C3=C\C(C2)CC(COC(=O)C(=O)c2ccccc2)CCCCCC3)cc1. The number of ether oxygens (including phenoxy) is 1. The number of hydrogen-bond donors (Lipinski definition) is 0. The highest BCUT2D eigenvalue weighted by molar-refractivity contribution is 6.40. The van der Waals surface area contributed by atoms with E-state index in [0.29, 0.717) is 24.0 Å². The number of ketones is 2. The fourth-order valence-corrected chi connectivity index (χ4v) is 6.93. The Morgan fingerprint density at radius 1 is 0.773 bits per heavy atom. The minimum absolute atomic E-state index is 0.0659. The van der Waals surface area contributed by atoms with Gasteiger partial charge in [-0.2, -0.15) is 0 Å². The van der Waals surface area contributed by atoms with E-state index in [0.717, 1.165) is 49.7 Å². The molecule has 2 aromatic carbocycles. The van der Waals surface area contributed by atoms with E-state index in [2.05, 4.69) is 18.2 Å². The summed E-state index contributed by atoms with van der Waals surface area (Å²) in [5, 5.41) is 0. The van der Waals surface area contributed by atoms with Gasteiger partial charge in [-0.25, -0.2) is 4.79 Å². The molecule has 0 fully saturated rings. The van der Waals surface area contributed by atoms with Crippen LogP contribution in [0.2, 0.25) is 0 Å². The molecule has 3 atom stereocenters. The Kier molecular flexibility index (Phi) is 13.4. The van der Waals surface area contributed by atoms with Crippen LogP contribution in [0.4, 0.5) is 0 Å². The van der Waals surface area contributed by atoms with Gasteiger partial charge in [0.15, 0.2) is 5.78 Å². The van der Waals surface area contributed by atoms with Gasteiger partial charge in [-0.05, 0) is 95.0 Å². The zero-order valence-electron chi connectivity index (χ0n) is 26.8. The molecule has 0 heterocycles. The Morgan fingerprint density at radius 3 is 2.20 bits per heavy atom. The highest BCUT2D eigenvalue weighted by Crippen LogP contribution is 2.35. The van der Waals surface area contributed by atoms with E-state index < -0.39 is 11.8 Å². The fourth-order valence-electron chi connectivity index (χ4n) is 6.93. The molecule has 0 saturated carbocycles. The predicted molar refractivity (Wildman–Crippen MR) is 179 cm³/mol. The van der Waals surface area contributed by atoms with Gasteiger partial charge < -0.3 is 4.74 Å². The second-order valence-corrected chi connectivity index (χ2v) is 12.7. The molecule has 2 aliphatic carbocycles. The van der Waals surface area contributed by atoms with Gasteiger partial charge in [0, 0.05) is 16.7 Å². The second kappa shape index (κ2) is 17.7. The van der Waals surface area contributed by atoms with Crippen LogP contribution in [0.3, 0.4) is 0 Å². The van der Waals surface area contributed by atoms with Crippen molar-refractivity contribution in [2.75, 3.05) is 6.61 Å². The quantitative estimate of drug-likeness (QED) is 0.0686. The van der Waals surface area contributed by atoms with Gasteiger partial charge in [-0.15, -0.1) is 0 Å². The van der Waals surface area contributed by atoms with E-state index in [-0.39, 0.29) is 11.7 Å². The third-order valence-electron chi connectivity index (χ3n) is 9.36. The number of carbonyl (C=O) groups is 3. The normalized spacial score (nSPS) is 23.0. The molecule has 3 unspecified atom stereocenters. The van der Waals surface area contributed by atoms with Gasteiger partial charge in [0.2, 0.25) is 0 Å². The highest BCUT2D eigenvalue weighted by atomic mass is 16.5. The van der Waals surface area contributed by atoms with Crippen molar-refractivity contribution < 1.29 is 19.1 Å². The highest BCUT2D eigenvalue weighted by Gasteiger charge is 2.25. The van der Waals surface area contributed by atoms with Crippen LogP contribution in [0.1, 0.15) is 117 Å². The van der Waals surface area contributed by atoms with E-state index >= 15 is 0 Å². The molecular weight excluding hydrogens is 544 g/mol. The Bertz CT molecular complexity index is 1310. The zero-order valence-corrected chi connectivity index (χ0v) is 26.8. The summed E-state index contributed by atoms with van der Waals surface area (Å²) in [7, 11) is 0. The third kappa shape index (κ3) is 10.3. The summed E-state index contributed by atoms with van der Waals surface area (Å²) in [5.74, 6) is 0.125. The predicted octanol–water partition coefficient (Wildman–Crippen LogP) is 9.84. The third-order valence-corrected chi connectivity index (χ3v) is 9.36. The van der Waals surface area contributed by atoms with Gasteiger partial charge >= 0.3 is 5.97 Å². The summed E-state index contributed by atoms with van der Waals surface area (Å²) in [6, 6.07) is 16.9. The minimum atomic E-state index is -0.742. The Balaban J connectivity index is 1.38. The molecule has 0 aromatic heterocycles. The summed E-state index contributed by atoms with van der Waals surface area (Å²) in [4.78, 5) is 38.0. The van der Waals surface area contributed by atoms with Crippen molar-refractivity contribution in [3.05, 3.63) is 107 Å². The van der Waals surface area contributed by atoms with Crippen LogP contribution in [0, 0.1) is 17.8 Å². The number of allylic oxidation sites excluding steroid dienone is 6. The van der Waals surface area contributed by atoms with Crippen LogP contribution in [-0.4, -0.2) is 24.1 Å². The molecule has 2 aliphatic rings. The first-order valence-corrected chi connectivity index (χ1v) is 16.9. The zero-order chi connectivity index (χ0) is 31.1. The van der Waals surface area contributed by atoms with E-state index in [1.807, 2.05) is 50.3 Å². The molecule has 44 heavy (non-hydrogen) atoms. The maximum atomic E-state index is 12.8. The molecule has 234 valence electrons. The maximum Gasteiger partial charge on any atom is 0.379 e. The average Bonchev–Trinajstić information content (AvgIpc) is 3.08. The molecule has 0 aliphatic heterocycles. The minimum Gasteiger partial charge on any atom is -0.459 e. The summed E-state index contributed by atoms with van der Waals surface area (Å²) >= 11 is 0. The number of esters is 1. The number of rotatable bonds is 10. The van der Waals surface area contributed by atoms with Crippen LogP contribution in [-0.2, 0) is 16.0 Å². The number of hydrogen-bond acceptors (Lipinski definition) is 4. The summed E-state index contributed by atoms with van der Waals surface area (Å²) in [6.07, 6.45) is 23.3. The number of benzene rings is 2. The molecule has 0 radical (unpaired) electrons. The maximum absolute atomic E-state index is 12.8. The molecule has 0 amide bonds. The smallest absolute Gasteiger partial charge is 0.379 e. The average molecular weight is 595 g/mol. The van der Waals surface area contributed by atoms with Crippen LogP contribution in [0.25, 0.3) is 0 Å². The van der Waals surface area contributed by atoms with Crippen molar-refractivity contribution in [3.63, 3.8) is 0 Å². The van der Waals surface area contributed by atoms with Crippen molar-refractivity contribution in [2.24, 2.45) is 17.8 Å². The lowest BCUT2D eigenvalue weighted by Gasteiger charge is -2.28. The first kappa shape index (κ1) is 33.4. The summed E-state index contributed by atoms with van der Waals surface area (Å²) in [5.41, 5.74) is 4.73. The van der Waals surface area contributed by atoms with Crippen molar-refractivity contribution >= 4 is 17.5 Å². The first-order valence-electron chi connectivity index (χ1n) is 16.9. The molecule has 4 heteroatoms. The molecule has 2 bridgehead atoms. The number of aryl methyl sites for hydroxylation is 1. The van der Waals surface area contributed by atoms with Gasteiger partial charge in [0.1, 0.15) is 0 Å². The number of carbonyl (C=O) groups excluding carboxylic acids is 3. The van der Waals surface area contributed by atoms with Crippen LogP contribution in [0.15, 0.2) is 90.0 Å². The molecular formula is C40H50O4. The van der Waals surface area contributed by atoms with Crippen molar-refractivity contribution in [2.45, 2.75) is 97.3 Å². The summed E-state index contributed by atoms with van der Waals surface area (Å²) < 4.78 is 5.64. The summed E-state index contributed by atoms with van der Waals surface area (Å²) in [6.45, 7) is 4.14. The molecule has 0 N–H and O–H groups in total. The van der Waals surface area contributed by atoms with Gasteiger partial charge in [-0.1, -0.05) is 110 Å². The lowest BCUT2D eigenvalue weighted by Crippen LogP contribution is -2.23. The van der Waals surface area contributed by atoms with E-state index in [9.17, 15) is 14.4 Å².